The van der Waals surface area contributed by atoms with Crippen molar-refractivity contribution in [3.63, 3.8) is 0 Å². The van der Waals surface area contributed by atoms with Gasteiger partial charge in [0.15, 0.2) is 0 Å². The molecule has 1 saturated heterocycles. The van der Waals surface area contributed by atoms with Gasteiger partial charge in [0.05, 0.1) is 4.90 Å². The second kappa shape index (κ2) is 16.2. The van der Waals surface area contributed by atoms with Crippen molar-refractivity contribution in [3.8, 4) is 11.1 Å². The van der Waals surface area contributed by atoms with E-state index in [1.54, 1.807) is 24.3 Å². The van der Waals surface area contributed by atoms with E-state index in [1.807, 2.05) is 55.1 Å². The predicted octanol–water partition coefficient (Wildman–Crippen LogP) is 8.88. The van der Waals surface area contributed by atoms with Crippen molar-refractivity contribution >= 4 is 50.7 Å². The first-order chi connectivity index (χ1) is 25.2. The molecule has 1 aliphatic carbocycles. The third-order valence-electron chi connectivity index (χ3n) is 9.99. The minimum Gasteiger partial charge on any atom is -0.381 e. The summed E-state index contributed by atoms with van der Waals surface area (Å²) in [7, 11) is -4.06. The summed E-state index contributed by atoms with van der Waals surface area (Å²) in [5.41, 5.74) is 6.68. The van der Waals surface area contributed by atoms with E-state index in [4.69, 9.17) is 11.6 Å². The number of thioether (sulfide) groups is 1. The molecule has 1 heterocycles. The summed E-state index contributed by atoms with van der Waals surface area (Å²) in [5, 5.41) is 4.84. The smallest absolute Gasteiger partial charge is 0.264 e. The highest BCUT2D eigenvalue weighted by Crippen LogP contribution is 2.37. The number of carbonyl (C=O) groups is 1. The topological polar surface area (TPSA) is 81.8 Å². The summed E-state index contributed by atoms with van der Waals surface area (Å²) < 4.78 is 28.9. The van der Waals surface area contributed by atoms with Gasteiger partial charge in [-0.25, -0.2) is 13.1 Å². The molecular weight excluding hydrogens is 708 g/mol. The Labute approximate surface area is 316 Å². The second-order valence-electron chi connectivity index (χ2n) is 13.5. The Morgan fingerprint density at radius 3 is 2.27 bits per heavy atom. The maximum atomic E-state index is 13.3. The number of anilines is 2. The van der Waals surface area contributed by atoms with Crippen LogP contribution in [-0.4, -0.2) is 56.7 Å². The Balaban J connectivity index is 0.924. The zero-order valence-corrected chi connectivity index (χ0v) is 31.6. The van der Waals surface area contributed by atoms with Gasteiger partial charge in [-0.1, -0.05) is 72.6 Å². The third-order valence-corrected chi connectivity index (χ3v) is 13.0. The maximum Gasteiger partial charge on any atom is 0.264 e. The minimum atomic E-state index is -4.06. The Morgan fingerprint density at radius 2 is 1.54 bits per heavy atom. The van der Waals surface area contributed by atoms with E-state index in [0.29, 0.717) is 16.9 Å². The van der Waals surface area contributed by atoms with Gasteiger partial charge in [0.2, 0.25) is 0 Å². The molecule has 0 bridgehead atoms. The number of aryl methyl sites for hydroxylation is 1. The number of sulfonamides is 1. The van der Waals surface area contributed by atoms with Crippen LogP contribution in [0.5, 0.6) is 0 Å². The molecule has 0 radical (unpaired) electrons. The molecule has 5 aromatic rings. The zero-order valence-electron chi connectivity index (χ0n) is 29.2. The van der Waals surface area contributed by atoms with Crippen LogP contribution >= 0.6 is 23.4 Å². The number of hydrogen-bond acceptors (Lipinski definition) is 7. The Bertz CT molecular complexity index is 2100. The van der Waals surface area contributed by atoms with E-state index >= 15 is 0 Å². The zero-order chi connectivity index (χ0) is 36.1. The van der Waals surface area contributed by atoms with E-state index in [9.17, 15) is 13.2 Å². The molecule has 7 rings (SSSR count). The van der Waals surface area contributed by atoms with Gasteiger partial charge >= 0.3 is 0 Å². The van der Waals surface area contributed by atoms with Crippen LogP contribution in [0.25, 0.3) is 11.1 Å². The molecule has 2 atom stereocenters. The molecule has 0 aromatic heterocycles. The molecule has 52 heavy (non-hydrogen) atoms. The number of rotatable bonds is 11. The summed E-state index contributed by atoms with van der Waals surface area (Å²) in [6.45, 7) is 6.25. The average Bonchev–Trinajstić information content (AvgIpc) is 3.59. The van der Waals surface area contributed by atoms with Crippen LogP contribution in [0, 0.1) is 6.92 Å². The van der Waals surface area contributed by atoms with E-state index in [2.05, 4.69) is 80.5 Å². The van der Waals surface area contributed by atoms with E-state index in [0.717, 1.165) is 79.5 Å². The number of hydrogen-bond donors (Lipinski definition) is 2. The minimum absolute atomic E-state index is 0.0656. The highest BCUT2D eigenvalue weighted by atomic mass is 35.5. The van der Waals surface area contributed by atoms with Gasteiger partial charge in [0.1, 0.15) is 0 Å². The molecule has 10 heteroatoms. The van der Waals surface area contributed by atoms with Crippen molar-refractivity contribution in [1.82, 2.24) is 9.62 Å². The number of nitrogens with zero attached hydrogens (tertiary/aromatic N) is 2. The summed E-state index contributed by atoms with van der Waals surface area (Å²) in [4.78, 5) is 19.2. The monoisotopic (exact) mass is 750 g/mol. The van der Waals surface area contributed by atoms with Gasteiger partial charge in [-0.15, -0.1) is 11.8 Å². The van der Waals surface area contributed by atoms with Crippen molar-refractivity contribution in [2.24, 2.45) is 0 Å². The fraction of sp³-hybridized carbons (Fsp3) is 0.262. The first-order valence-electron chi connectivity index (χ1n) is 17.8. The molecular formula is C42H43ClN4O3S2. The van der Waals surface area contributed by atoms with Gasteiger partial charge in [-0.3, -0.25) is 9.69 Å². The highest BCUT2D eigenvalue weighted by molar-refractivity contribution is 8.00. The fourth-order valence-corrected chi connectivity index (χ4v) is 9.61. The Morgan fingerprint density at radius 1 is 0.827 bits per heavy atom. The molecule has 2 N–H and O–H groups in total. The molecule has 1 aliphatic heterocycles. The first-order valence-corrected chi connectivity index (χ1v) is 20.5. The summed E-state index contributed by atoms with van der Waals surface area (Å²) >= 11 is 8.01. The van der Waals surface area contributed by atoms with E-state index in [-0.39, 0.29) is 4.90 Å². The lowest BCUT2D eigenvalue weighted by atomic mass is 9.99. The van der Waals surface area contributed by atoms with Gasteiger partial charge in [0.25, 0.3) is 15.9 Å². The van der Waals surface area contributed by atoms with Crippen LogP contribution in [0.15, 0.2) is 131 Å². The van der Waals surface area contributed by atoms with Crippen molar-refractivity contribution in [2.75, 3.05) is 36.4 Å². The van der Waals surface area contributed by atoms with Gasteiger partial charge in [-0.2, -0.15) is 0 Å². The molecule has 1 saturated carbocycles. The number of carbonyl (C=O) groups excluding carboxylic acids is 1. The summed E-state index contributed by atoms with van der Waals surface area (Å²) in [6.07, 6.45) is 3.35. The second-order valence-corrected chi connectivity index (χ2v) is 17.0. The van der Waals surface area contributed by atoms with Gasteiger partial charge in [-0.05, 0) is 109 Å². The Hall–Kier alpha value is -4.28. The Kier molecular flexibility index (Phi) is 11.2. The lowest BCUT2D eigenvalue weighted by Crippen LogP contribution is -2.46. The maximum absolute atomic E-state index is 13.3. The average molecular weight is 751 g/mol. The highest BCUT2D eigenvalue weighted by Gasteiger charge is 2.29. The molecule has 268 valence electrons. The summed E-state index contributed by atoms with van der Waals surface area (Å²) in [6, 6.07) is 39.4. The molecule has 1 amide bonds. The number of nitrogens with one attached hydrogen (secondary N) is 2. The lowest BCUT2D eigenvalue weighted by molar-refractivity contribution is 0.0981. The number of amides is 1. The first kappa shape index (κ1) is 36.1. The van der Waals surface area contributed by atoms with Crippen molar-refractivity contribution in [1.29, 1.82) is 0 Å². The van der Waals surface area contributed by atoms with Crippen molar-refractivity contribution in [2.45, 2.75) is 53.8 Å². The SMILES string of the molecule is Cc1cc(S(=O)(=O)NC(=O)c2ccc(N3CCN(Cc4ccccc4-c4ccc(Cl)cc4)CC3)cc2)ccc1NC1CCCC1Sc1ccccc1. The van der Waals surface area contributed by atoms with Crippen LogP contribution in [-0.2, 0) is 16.6 Å². The quantitative estimate of drug-likeness (QED) is 0.140. The van der Waals surface area contributed by atoms with Gasteiger partial charge < -0.3 is 10.2 Å². The van der Waals surface area contributed by atoms with Crippen LogP contribution in [0.1, 0.15) is 40.7 Å². The normalized spacial score (nSPS) is 17.9. The number of piperazine rings is 1. The van der Waals surface area contributed by atoms with Crippen LogP contribution in [0.2, 0.25) is 5.02 Å². The van der Waals surface area contributed by atoms with Gasteiger partial charge in [0, 0.05) is 70.9 Å². The van der Waals surface area contributed by atoms with E-state index in [1.165, 1.54) is 16.0 Å². The number of halogens is 1. The predicted molar refractivity (Wildman–Crippen MR) is 214 cm³/mol. The molecule has 5 aromatic carbocycles. The van der Waals surface area contributed by atoms with Crippen molar-refractivity contribution < 1.29 is 13.2 Å². The third kappa shape index (κ3) is 8.67. The van der Waals surface area contributed by atoms with Crippen LogP contribution < -0.4 is 14.9 Å². The molecule has 2 aliphatic rings. The largest absolute Gasteiger partial charge is 0.381 e. The molecule has 2 unspecified atom stereocenters. The lowest BCUT2D eigenvalue weighted by Gasteiger charge is -2.36. The fourth-order valence-electron chi connectivity index (χ4n) is 7.11. The van der Waals surface area contributed by atoms with Crippen LogP contribution in [0.4, 0.5) is 11.4 Å². The molecule has 0 spiro atoms. The number of benzene rings is 5. The van der Waals surface area contributed by atoms with Crippen LogP contribution in [0.3, 0.4) is 0 Å². The summed E-state index contributed by atoms with van der Waals surface area (Å²) in [5.74, 6) is -0.651. The molecule has 7 nitrogen and oxygen atoms in total. The van der Waals surface area contributed by atoms with E-state index < -0.39 is 15.9 Å². The molecule has 2 fully saturated rings. The van der Waals surface area contributed by atoms with Crippen molar-refractivity contribution in [3.05, 3.63) is 143 Å². The standard InChI is InChI=1S/C42H43ClN4O3S2/c1-30-28-37(22-23-39(30)44-40-12-7-13-41(40)51-36-9-3-2-4-10-36)52(49,50)45-42(48)32-16-20-35(21-17-32)47-26-24-46(25-27-47)29-33-8-5-6-11-38(33)31-14-18-34(43)19-15-31/h2-6,8-11,14-23,28,40-41,44H,7,12-13,24-27,29H2,1H3,(H,45,48).